The van der Waals surface area contributed by atoms with Crippen molar-refractivity contribution in [2.24, 2.45) is 10.9 Å². The molecular formula is C27H32N2. The second-order valence-electron chi connectivity index (χ2n) is 8.18. The van der Waals surface area contributed by atoms with Crippen LogP contribution in [0.4, 0.5) is 0 Å². The Morgan fingerprint density at radius 2 is 1.93 bits per heavy atom. The summed E-state index contributed by atoms with van der Waals surface area (Å²) in [6.07, 6.45) is 21.3. The third-order valence-corrected chi connectivity index (χ3v) is 5.79. The third kappa shape index (κ3) is 4.43. The van der Waals surface area contributed by atoms with Gasteiger partial charge < -0.3 is 5.32 Å². The number of allylic oxidation sites excluding steroid dienone is 9. The predicted molar refractivity (Wildman–Crippen MR) is 124 cm³/mol. The topological polar surface area (TPSA) is 24.4 Å². The highest BCUT2D eigenvalue weighted by molar-refractivity contribution is 6.07. The van der Waals surface area contributed by atoms with Gasteiger partial charge in [-0.2, -0.15) is 0 Å². The number of hydrogen-bond acceptors (Lipinski definition) is 2. The summed E-state index contributed by atoms with van der Waals surface area (Å²) in [5, 5.41) is 3.49. The molecule has 0 bridgehead atoms. The van der Waals surface area contributed by atoms with Crippen LogP contribution in [-0.2, 0) is 19.4 Å². The number of nitrogens with zero attached hydrogens (tertiary/aromatic N) is 1. The molecule has 0 fully saturated rings. The van der Waals surface area contributed by atoms with Gasteiger partial charge in [0.1, 0.15) is 0 Å². The average molecular weight is 385 g/mol. The minimum absolute atomic E-state index is 0.317. The Bertz CT molecular complexity index is 937. The lowest BCUT2D eigenvalue weighted by Crippen LogP contribution is -2.23. The highest BCUT2D eigenvalue weighted by Gasteiger charge is 2.28. The van der Waals surface area contributed by atoms with Crippen LogP contribution in [0.3, 0.4) is 0 Å². The Morgan fingerprint density at radius 1 is 1.07 bits per heavy atom. The summed E-state index contributed by atoms with van der Waals surface area (Å²) in [5.74, 6) is 0.317. The van der Waals surface area contributed by atoms with Gasteiger partial charge in [0.05, 0.1) is 5.71 Å². The van der Waals surface area contributed by atoms with E-state index in [1.54, 1.807) is 0 Å². The maximum absolute atomic E-state index is 4.86. The van der Waals surface area contributed by atoms with E-state index in [9.17, 15) is 0 Å². The van der Waals surface area contributed by atoms with E-state index < -0.39 is 0 Å². The van der Waals surface area contributed by atoms with Crippen molar-refractivity contribution >= 4 is 5.71 Å². The minimum Gasteiger partial charge on any atom is -0.312 e. The van der Waals surface area contributed by atoms with Gasteiger partial charge >= 0.3 is 0 Å². The second kappa shape index (κ2) is 9.37. The summed E-state index contributed by atoms with van der Waals surface area (Å²) in [4.78, 5) is 4.86. The van der Waals surface area contributed by atoms with Crippen LogP contribution in [-0.4, -0.2) is 12.3 Å². The van der Waals surface area contributed by atoms with Gasteiger partial charge in [-0.05, 0) is 65.6 Å². The molecule has 1 aromatic carbocycles. The fourth-order valence-electron chi connectivity index (χ4n) is 4.41. The largest absolute Gasteiger partial charge is 0.312 e. The maximum atomic E-state index is 4.86. The Kier molecular flexibility index (Phi) is 6.41. The van der Waals surface area contributed by atoms with E-state index in [-0.39, 0.29) is 0 Å². The van der Waals surface area contributed by atoms with Crippen LogP contribution in [0.1, 0.15) is 49.8 Å². The summed E-state index contributed by atoms with van der Waals surface area (Å²) in [7, 11) is 0. The first-order chi connectivity index (χ1) is 14.3. The first-order valence-corrected chi connectivity index (χ1v) is 11.1. The number of benzene rings is 1. The number of hydrogen-bond donors (Lipinski definition) is 1. The molecule has 2 aliphatic carbocycles. The summed E-state index contributed by atoms with van der Waals surface area (Å²) in [6.45, 7) is 6.35. The van der Waals surface area contributed by atoms with Gasteiger partial charge in [0.2, 0.25) is 0 Å². The van der Waals surface area contributed by atoms with Crippen LogP contribution in [0.25, 0.3) is 0 Å². The molecule has 0 amide bonds. The van der Waals surface area contributed by atoms with Crippen LogP contribution < -0.4 is 5.32 Å². The quantitative estimate of drug-likeness (QED) is 0.633. The molecule has 150 valence electrons. The van der Waals surface area contributed by atoms with Crippen LogP contribution in [0.2, 0.25) is 0 Å². The number of fused-ring (bicyclic) bond motifs is 2. The fourth-order valence-corrected chi connectivity index (χ4v) is 4.41. The van der Waals surface area contributed by atoms with Gasteiger partial charge in [-0.3, -0.25) is 4.99 Å². The average Bonchev–Trinajstić information content (AvgIpc) is 3.37. The van der Waals surface area contributed by atoms with Crippen LogP contribution in [0.15, 0.2) is 82.6 Å². The van der Waals surface area contributed by atoms with Crippen molar-refractivity contribution in [3.63, 3.8) is 0 Å². The fraction of sp³-hybridized carbons (Fsp3) is 0.370. The van der Waals surface area contributed by atoms with E-state index in [4.69, 9.17) is 4.99 Å². The summed E-state index contributed by atoms with van der Waals surface area (Å²) in [6, 6.07) is 7.03. The summed E-state index contributed by atoms with van der Waals surface area (Å²) >= 11 is 0. The smallest absolute Gasteiger partial charge is 0.0549 e. The molecule has 1 aromatic rings. The van der Waals surface area contributed by atoms with Gasteiger partial charge in [0.25, 0.3) is 0 Å². The zero-order chi connectivity index (χ0) is 20.1. The predicted octanol–water partition coefficient (Wildman–Crippen LogP) is 6.02. The van der Waals surface area contributed by atoms with Gasteiger partial charge in [0.15, 0.2) is 0 Å². The maximum Gasteiger partial charge on any atom is 0.0549 e. The molecule has 0 radical (unpaired) electrons. The molecule has 29 heavy (non-hydrogen) atoms. The molecule has 1 N–H and O–H groups in total. The van der Waals surface area contributed by atoms with E-state index >= 15 is 0 Å². The van der Waals surface area contributed by atoms with Crippen LogP contribution in [0, 0.1) is 5.92 Å². The van der Waals surface area contributed by atoms with E-state index in [1.165, 1.54) is 45.5 Å². The van der Waals surface area contributed by atoms with Gasteiger partial charge in [0, 0.05) is 18.7 Å². The number of aliphatic imine (C=N–C) groups is 1. The van der Waals surface area contributed by atoms with E-state index in [0.29, 0.717) is 5.92 Å². The molecule has 5 rings (SSSR count). The molecule has 1 unspecified atom stereocenters. The molecule has 2 nitrogen and oxygen atoms in total. The highest BCUT2D eigenvalue weighted by Crippen LogP contribution is 2.35. The Hall–Kier alpha value is -2.45. The lowest BCUT2D eigenvalue weighted by molar-refractivity contribution is 0.643. The number of rotatable bonds is 3. The minimum atomic E-state index is 0.317. The molecule has 0 spiro atoms. The summed E-state index contributed by atoms with van der Waals surface area (Å²) < 4.78 is 0. The molecular weight excluding hydrogens is 352 g/mol. The first-order valence-electron chi connectivity index (χ1n) is 11.1. The van der Waals surface area contributed by atoms with Crippen molar-refractivity contribution in [3.8, 4) is 0 Å². The normalized spacial score (nSPS) is 21.8. The van der Waals surface area contributed by atoms with Crippen LogP contribution in [0.5, 0.6) is 0 Å². The van der Waals surface area contributed by atoms with E-state index in [0.717, 1.165) is 38.8 Å². The Labute approximate surface area is 175 Å². The SMILES string of the molecule is C1=CC(C2=CN=C3C(Cc4ccc5c(c4)CNCC5)=CCC=CC23)=CC1.CCC. The van der Waals surface area contributed by atoms with Crippen LogP contribution >= 0.6 is 0 Å². The molecule has 0 saturated heterocycles. The van der Waals surface area contributed by atoms with Gasteiger partial charge in [-0.15, -0.1) is 0 Å². The number of nitrogens with one attached hydrogen (secondary N) is 1. The zero-order valence-corrected chi connectivity index (χ0v) is 17.7. The second-order valence-corrected chi connectivity index (χ2v) is 8.18. The molecule has 2 heterocycles. The molecule has 0 saturated carbocycles. The van der Waals surface area contributed by atoms with Crippen molar-refractivity contribution in [2.75, 3.05) is 6.54 Å². The van der Waals surface area contributed by atoms with Crippen molar-refractivity contribution in [1.29, 1.82) is 0 Å². The van der Waals surface area contributed by atoms with Crippen molar-refractivity contribution < 1.29 is 0 Å². The molecule has 2 heteroatoms. The third-order valence-electron chi connectivity index (χ3n) is 5.79. The monoisotopic (exact) mass is 384 g/mol. The van der Waals surface area contributed by atoms with E-state index in [1.807, 2.05) is 0 Å². The zero-order valence-electron chi connectivity index (χ0n) is 17.7. The molecule has 0 aromatic heterocycles. The van der Waals surface area contributed by atoms with Gasteiger partial charge in [-0.1, -0.05) is 74.9 Å². The first kappa shape index (κ1) is 19.8. The van der Waals surface area contributed by atoms with Gasteiger partial charge in [-0.25, -0.2) is 0 Å². The lowest BCUT2D eigenvalue weighted by Gasteiger charge is -2.19. The van der Waals surface area contributed by atoms with Crippen molar-refractivity contribution in [3.05, 3.63) is 94.3 Å². The summed E-state index contributed by atoms with van der Waals surface area (Å²) in [5.41, 5.74) is 9.70. The Morgan fingerprint density at radius 3 is 2.76 bits per heavy atom. The Balaban J connectivity index is 0.000000645. The van der Waals surface area contributed by atoms with Crippen molar-refractivity contribution in [1.82, 2.24) is 5.32 Å². The van der Waals surface area contributed by atoms with Crippen molar-refractivity contribution in [2.45, 2.75) is 52.5 Å². The van der Waals surface area contributed by atoms with E-state index in [2.05, 4.69) is 80.0 Å². The molecule has 1 atom stereocenters. The lowest BCUT2D eigenvalue weighted by atomic mass is 9.86. The standard InChI is InChI=1S/C24H24N2.C3H8/c1-2-6-19(5-1)23-16-26-24-20(7-3-4-8-22(23)24)13-17-9-10-18-11-12-25-15-21(18)14-17;1-3-2/h1,4-10,14,16,22,25H,2-3,11-13,15H2;3H2,1-2H3. The molecule has 4 aliphatic rings. The highest BCUT2D eigenvalue weighted by atomic mass is 14.9. The molecule has 2 aliphatic heterocycles.